The van der Waals surface area contributed by atoms with Crippen molar-refractivity contribution in [1.29, 1.82) is 0 Å². The van der Waals surface area contributed by atoms with Gasteiger partial charge in [0.2, 0.25) is 5.91 Å². The first-order chi connectivity index (χ1) is 34.5. The molecule has 410 valence electrons. The minimum atomic E-state index is -4.34. The molecular weight excluding hydrogens is 900 g/mol. The van der Waals surface area contributed by atoms with Gasteiger partial charge in [-0.2, -0.15) is 0 Å². The van der Waals surface area contributed by atoms with Crippen molar-refractivity contribution in [3.8, 4) is 0 Å². The topological polar surface area (TPSA) is 105 Å². The minimum Gasteiger partial charge on any atom is -0.391 e. The highest BCUT2D eigenvalue weighted by molar-refractivity contribution is 7.47. The summed E-state index contributed by atoms with van der Waals surface area (Å²) in [6, 6.07) is -0.792. The predicted molar refractivity (Wildman–Crippen MR) is 309 cm³/mol. The minimum absolute atomic E-state index is 0.0609. The Hall–Kier alpha value is -2.58. The van der Waals surface area contributed by atoms with Crippen LogP contribution < -0.4 is 5.32 Å². The molecule has 0 aromatic heterocycles. The Kier molecular flexibility index (Phi) is 50.4. The Morgan fingerprint density at radius 1 is 0.493 bits per heavy atom. The average Bonchev–Trinajstić information content (AvgIpc) is 3.33. The molecule has 0 saturated heterocycles. The lowest BCUT2D eigenvalue weighted by atomic mass is 10.0. The number of carbonyl (C=O) groups excluding carboxylic acids is 1. The fourth-order valence-corrected chi connectivity index (χ4v) is 8.80. The van der Waals surface area contributed by atoms with Gasteiger partial charge in [-0.15, -0.1) is 0 Å². The predicted octanol–water partition coefficient (Wildman–Crippen LogP) is 17.8. The number of nitrogens with zero attached hydrogens (tertiary/aromatic N) is 1. The molecule has 9 heteroatoms. The number of phosphoric acid groups is 1. The quantitative estimate of drug-likeness (QED) is 0.0243. The molecule has 0 heterocycles. The summed E-state index contributed by atoms with van der Waals surface area (Å²) in [5, 5.41) is 14.0. The van der Waals surface area contributed by atoms with Crippen molar-refractivity contribution in [2.45, 2.75) is 251 Å². The highest BCUT2D eigenvalue weighted by Crippen LogP contribution is 2.43. The smallest absolute Gasteiger partial charge is 0.391 e. The lowest BCUT2D eigenvalue weighted by Crippen LogP contribution is -2.46. The Morgan fingerprint density at radius 3 is 1.21 bits per heavy atom. The van der Waals surface area contributed by atoms with Gasteiger partial charge in [-0.05, 0) is 77.0 Å². The molecule has 0 spiro atoms. The highest BCUT2D eigenvalue weighted by atomic mass is 31.2. The van der Waals surface area contributed by atoms with Crippen molar-refractivity contribution in [1.82, 2.24) is 5.32 Å². The normalized spacial score (nSPS) is 14.6. The zero-order chi connectivity index (χ0) is 52.0. The summed E-state index contributed by atoms with van der Waals surface area (Å²) in [6.07, 6.45) is 74.7. The number of phosphoric ester groups is 1. The Labute approximate surface area is 439 Å². The Morgan fingerprint density at radius 2 is 0.845 bits per heavy atom. The van der Waals surface area contributed by atoms with E-state index < -0.39 is 20.0 Å². The molecule has 0 aliphatic carbocycles. The summed E-state index contributed by atoms with van der Waals surface area (Å²) in [5.74, 6) is -0.188. The first-order valence-corrected chi connectivity index (χ1v) is 30.6. The number of hydrogen-bond acceptors (Lipinski definition) is 5. The monoisotopic (exact) mass is 1010 g/mol. The van der Waals surface area contributed by atoms with E-state index in [9.17, 15) is 19.4 Å². The van der Waals surface area contributed by atoms with Crippen LogP contribution in [0.5, 0.6) is 0 Å². The molecular formula is C62H112N2O6P+. The fourth-order valence-electron chi connectivity index (χ4n) is 8.06. The highest BCUT2D eigenvalue weighted by Gasteiger charge is 2.28. The van der Waals surface area contributed by atoms with Gasteiger partial charge in [0.05, 0.1) is 39.9 Å². The van der Waals surface area contributed by atoms with E-state index in [1.807, 2.05) is 21.1 Å². The largest absolute Gasteiger partial charge is 0.472 e. The van der Waals surface area contributed by atoms with Crippen molar-refractivity contribution < 1.29 is 32.9 Å². The molecule has 1 amide bonds. The molecule has 71 heavy (non-hydrogen) atoms. The number of unbranched alkanes of at least 4 members (excludes halogenated alkanes) is 23. The second kappa shape index (κ2) is 52.3. The number of aliphatic hydroxyl groups excluding tert-OH is 1. The first-order valence-electron chi connectivity index (χ1n) is 29.1. The van der Waals surface area contributed by atoms with Crippen LogP contribution in [0.25, 0.3) is 0 Å². The van der Waals surface area contributed by atoms with E-state index in [2.05, 4.69) is 116 Å². The van der Waals surface area contributed by atoms with Gasteiger partial charge in [0, 0.05) is 6.42 Å². The fraction of sp³-hybridized carbons (Fsp3) is 0.726. The summed E-state index contributed by atoms with van der Waals surface area (Å²) < 4.78 is 23.8. The van der Waals surface area contributed by atoms with Gasteiger partial charge in [-0.25, -0.2) is 4.57 Å². The molecule has 3 atom stereocenters. The lowest BCUT2D eigenvalue weighted by Gasteiger charge is -2.26. The van der Waals surface area contributed by atoms with Crippen LogP contribution in [0.15, 0.2) is 97.2 Å². The summed E-state index contributed by atoms with van der Waals surface area (Å²) in [5.41, 5.74) is 0. The summed E-state index contributed by atoms with van der Waals surface area (Å²) in [4.78, 5) is 23.3. The SMILES string of the molecule is CC/C=C\C/C=C\C/C=C\C/C=C\C/C=C\C/C=C\C/C=C\C/C=C\CCCCC(=O)NC(COP(=O)(O)OCC[N+](C)(C)C)C(O)CCCCCCCCCCCCCCCCCCCCCCCC. The van der Waals surface area contributed by atoms with Gasteiger partial charge in [-0.3, -0.25) is 13.8 Å². The van der Waals surface area contributed by atoms with Crippen molar-refractivity contribution in [2.24, 2.45) is 0 Å². The van der Waals surface area contributed by atoms with Gasteiger partial charge in [-0.1, -0.05) is 252 Å². The van der Waals surface area contributed by atoms with Crippen molar-refractivity contribution in [2.75, 3.05) is 40.9 Å². The third kappa shape index (κ3) is 55.0. The van der Waals surface area contributed by atoms with Crippen LogP contribution in [0.2, 0.25) is 0 Å². The molecule has 3 unspecified atom stereocenters. The number of rotatable bonds is 52. The maximum Gasteiger partial charge on any atom is 0.472 e. The standard InChI is InChI=1S/C62H111N2O6P/c1-6-8-10-12-14-16-18-20-22-24-26-28-30-31-32-33-34-36-38-40-42-44-46-48-50-52-54-56-62(66)63-60(59-70-71(67,68)69-58-57-64(3,4)5)61(65)55-53-51-49-47-45-43-41-39-37-35-29-27-25-23-21-19-17-15-13-11-9-7-2/h8,10,14,16,20,22,26,28,31-32,34,36,40,42,46,48,60-61,65H,6-7,9,11-13,15,17-19,21,23-25,27,29-30,33,35,37-39,41,43-45,47,49-59H2,1-5H3,(H-,63,66,67,68)/p+1/b10-8-,16-14-,22-20-,28-26-,32-31-,36-34-,42-40-,48-46-. The molecule has 0 rings (SSSR count). The second-order valence-corrected chi connectivity index (χ2v) is 22.1. The molecule has 0 aliphatic rings. The summed E-state index contributed by atoms with van der Waals surface area (Å²) in [6.45, 7) is 4.75. The van der Waals surface area contributed by atoms with Crippen LogP contribution in [-0.4, -0.2) is 73.4 Å². The molecule has 0 bridgehead atoms. The van der Waals surface area contributed by atoms with E-state index in [1.54, 1.807) is 0 Å². The lowest BCUT2D eigenvalue weighted by molar-refractivity contribution is -0.870. The van der Waals surface area contributed by atoms with E-state index in [0.717, 1.165) is 83.5 Å². The molecule has 0 aromatic rings. The third-order valence-corrected chi connectivity index (χ3v) is 13.6. The number of carbonyl (C=O) groups is 1. The second-order valence-electron chi connectivity index (χ2n) is 20.6. The zero-order valence-corrected chi connectivity index (χ0v) is 47.6. The molecule has 0 saturated carbocycles. The average molecular weight is 1010 g/mol. The number of amides is 1. The number of quaternary nitrogens is 1. The first kappa shape index (κ1) is 68.4. The van der Waals surface area contributed by atoms with Gasteiger partial charge in [0.25, 0.3) is 0 Å². The van der Waals surface area contributed by atoms with Gasteiger partial charge < -0.3 is 19.8 Å². The van der Waals surface area contributed by atoms with E-state index >= 15 is 0 Å². The van der Waals surface area contributed by atoms with Crippen LogP contribution in [0, 0.1) is 0 Å². The van der Waals surface area contributed by atoms with Crippen LogP contribution >= 0.6 is 7.82 Å². The van der Waals surface area contributed by atoms with Crippen LogP contribution in [0.4, 0.5) is 0 Å². The van der Waals surface area contributed by atoms with Crippen molar-refractivity contribution >= 4 is 13.7 Å². The molecule has 3 N–H and O–H groups in total. The van der Waals surface area contributed by atoms with Gasteiger partial charge in [0.15, 0.2) is 0 Å². The van der Waals surface area contributed by atoms with Gasteiger partial charge in [0.1, 0.15) is 13.2 Å². The number of likely N-dealkylation sites (N-methyl/N-ethyl adjacent to an activating group) is 1. The molecule has 0 aliphatic heterocycles. The molecule has 0 radical (unpaired) electrons. The molecule has 0 fully saturated rings. The number of hydrogen-bond donors (Lipinski definition) is 3. The molecule has 8 nitrogen and oxygen atoms in total. The van der Waals surface area contributed by atoms with Crippen LogP contribution in [0.3, 0.4) is 0 Å². The number of aliphatic hydroxyl groups is 1. The third-order valence-electron chi connectivity index (χ3n) is 12.6. The number of allylic oxidation sites excluding steroid dienone is 16. The Bertz CT molecular complexity index is 1470. The van der Waals surface area contributed by atoms with E-state index in [4.69, 9.17) is 9.05 Å². The summed E-state index contributed by atoms with van der Waals surface area (Å²) in [7, 11) is 1.58. The van der Waals surface area contributed by atoms with Crippen molar-refractivity contribution in [3.05, 3.63) is 97.2 Å². The van der Waals surface area contributed by atoms with Crippen molar-refractivity contribution in [3.63, 3.8) is 0 Å². The van der Waals surface area contributed by atoms with E-state index in [1.165, 1.54) is 122 Å². The number of nitrogens with one attached hydrogen (secondary N) is 1. The van der Waals surface area contributed by atoms with Gasteiger partial charge >= 0.3 is 7.82 Å². The Balaban J connectivity index is 4.31. The summed E-state index contributed by atoms with van der Waals surface area (Å²) >= 11 is 0. The van der Waals surface area contributed by atoms with Crippen LogP contribution in [0.1, 0.15) is 239 Å². The molecule has 0 aromatic carbocycles. The van der Waals surface area contributed by atoms with Crippen LogP contribution in [-0.2, 0) is 18.4 Å². The maximum atomic E-state index is 13.0. The van der Waals surface area contributed by atoms with E-state index in [-0.39, 0.29) is 19.1 Å². The zero-order valence-electron chi connectivity index (χ0n) is 46.7. The van der Waals surface area contributed by atoms with E-state index in [0.29, 0.717) is 30.3 Å². The maximum absolute atomic E-state index is 13.0.